The Morgan fingerprint density at radius 1 is 1.10 bits per heavy atom. The van der Waals surface area contributed by atoms with Gasteiger partial charge in [-0.3, -0.25) is 0 Å². The molecule has 0 aliphatic carbocycles. The molecular weight excluding hydrogens is 253 g/mol. The molecule has 0 radical (unpaired) electrons. The molecule has 2 aromatic rings. The molecule has 0 amide bonds. The summed E-state index contributed by atoms with van der Waals surface area (Å²) >= 11 is 0. The summed E-state index contributed by atoms with van der Waals surface area (Å²) in [6.45, 7) is 4.72. The van der Waals surface area contributed by atoms with Gasteiger partial charge in [0.05, 0.1) is 0 Å². The zero-order chi connectivity index (χ0) is 14.5. The number of hydrogen-bond donors (Lipinski definition) is 2. The molecule has 0 aliphatic rings. The lowest BCUT2D eigenvalue weighted by molar-refractivity contribution is 0.449. The van der Waals surface area contributed by atoms with E-state index in [2.05, 4.69) is 36.5 Å². The molecule has 0 saturated carbocycles. The average molecular weight is 273 g/mol. The average Bonchev–Trinajstić information content (AvgIpc) is 2.47. The van der Waals surface area contributed by atoms with Gasteiger partial charge >= 0.3 is 0 Å². The second-order valence-electron chi connectivity index (χ2n) is 4.98. The van der Waals surface area contributed by atoms with Crippen molar-refractivity contribution in [3.63, 3.8) is 0 Å². The second-order valence-corrected chi connectivity index (χ2v) is 4.98. The van der Waals surface area contributed by atoms with Crippen LogP contribution in [0.1, 0.15) is 36.6 Å². The van der Waals surface area contributed by atoms with Gasteiger partial charge in [0, 0.05) is 18.2 Å². The third-order valence-corrected chi connectivity index (χ3v) is 3.50. The van der Waals surface area contributed by atoms with Crippen LogP contribution in [-0.4, -0.2) is 5.11 Å². The van der Waals surface area contributed by atoms with E-state index in [1.165, 1.54) is 29.3 Å². The fourth-order valence-electron chi connectivity index (χ4n) is 2.15. The van der Waals surface area contributed by atoms with Crippen molar-refractivity contribution in [2.75, 3.05) is 0 Å². The van der Waals surface area contributed by atoms with Gasteiger partial charge in [0.1, 0.15) is 11.6 Å². The molecule has 0 bridgehead atoms. The van der Waals surface area contributed by atoms with Crippen molar-refractivity contribution < 1.29 is 9.50 Å². The van der Waals surface area contributed by atoms with Crippen LogP contribution in [-0.2, 0) is 13.0 Å². The summed E-state index contributed by atoms with van der Waals surface area (Å²) in [7, 11) is 0. The first-order valence-corrected chi connectivity index (χ1v) is 6.89. The maximum atomic E-state index is 13.2. The molecule has 20 heavy (non-hydrogen) atoms. The lowest BCUT2D eigenvalue weighted by Crippen LogP contribution is -2.18. The minimum Gasteiger partial charge on any atom is -0.508 e. The molecule has 0 aliphatic heterocycles. The predicted octanol–water partition coefficient (Wildman–Crippen LogP) is 3.94. The SMILES string of the molecule is CCc1ccc(CNC(C)c2cc(F)ccc2O)cc1. The molecule has 2 nitrogen and oxygen atoms in total. The number of hydrogen-bond acceptors (Lipinski definition) is 2. The fraction of sp³-hybridized carbons (Fsp3) is 0.294. The van der Waals surface area contributed by atoms with Crippen LogP contribution in [0.5, 0.6) is 5.75 Å². The highest BCUT2D eigenvalue weighted by atomic mass is 19.1. The first kappa shape index (κ1) is 14.5. The van der Waals surface area contributed by atoms with Crippen LogP contribution in [0.2, 0.25) is 0 Å². The number of phenols is 1. The Morgan fingerprint density at radius 2 is 1.75 bits per heavy atom. The number of rotatable bonds is 5. The van der Waals surface area contributed by atoms with Gasteiger partial charge in [-0.05, 0) is 42.7 Å². The molecule has 0 heterocycles. The van der Waals surface area contributed by atoms with E-state index in [0.717, 1.165) is 6.42 Å². The maximum Gasteiger partial charge on any atom is 0.123 e. The molecule has 1 unspecified atom stereocenters. The summed E-state index contributed by atoms with van der Waals surface area (Å²) in [6.07, 6.45) is 1.03. The van der Waals surface area contributed by atoms with E-state index in [9.17, 15) is 9.50 Å². The van der Waals surface area contributed by atoms with E-state index in [0.29, 0.717) is 12.1 Å². The largest absolute Gasteiger partial charge is 0.508 e. The van der Waals surface area contributed by atoms with Crippen LogP contribution in [0.4, 0.5) is 4.39 Å². The van der Waals surface area contributed by atoms with Crippen LogP contribution < -0.4 is 5.32 Å². The van der Waals surface area contributed by atoms with Gasteiger partial charge in [0.25, 0.3) is 0 Å². The second kappa shape index (κ2) is 6.53. The normalized spacial score (nSPS) is 12.3. The monoisotopic (exact) mass is 273 g/mol. The van der Waals surface area contributed by atoms with Gasteiger partial charge in [-0.15, -0.1) is 0 Å². The van der Waals surface area contributed by atoms with Crippen LogP contribution in [0.3, 0.4) is 0 Å². The summed E-state index contributed by atoms with van der Waals surface area (Å²) in [5.41, 5.74) is 3.06. The van der Waals surface area contributed by atoms with Gasteiger partial charge in [0.2, 0.25) is 0 Å². The van der Waals surface area contributed by atoms with E-state index in [1.807, 2.05) is 6.92 Å². The minimum absolute atomic E-state index is 0.114. The van der Waals surface area contributed by atoms with Crippen molar-refractivity contribution in [3.8, 4) is 5.75 Å². The van der Waals surface area contributed by atoms with E-state index in [-0.39, 0.29) is 17.6 Å². The molecule has 0 spiro atoms. The van der Waals surface area contributed by atoms with Crippen molar-refractivity contribution in [2.24, 2.45) is 0 Å². The Labute approximate surface area is 119 Å². The molecule has 0 aromatic heterocycles. The zero-order valence-electron chi connectivity index (χ0n) is 11.9. The van der Waals surface area contributed by atoms with Crippen molar-refractivity contribution in [1.82, 2.24) is 5.32 Å². The van der Waals surface area contributed by atoms with Gasteiger partial charge in [-0.1, -0.05) is 31.2 Å². The van der Waals surface area contributed by atoms with Crippen LogP contribution in [0.15, 0.2) is 42.5 Å². The van der Waals surface area contributed by atoms with Crippen molar-refractivity contribution >= 4 is 0 Å². The number of phenolic OH excluding ortho intramolecular Hbond substituents is 1. The van der Waals surface area contributed by atoms with Gasteiger partial charge in [-0.2, -0.15) is 0 Å². The Balaban J connectivity index is 2.00. The summed E-state index contributed by atoms with van der Waals surface area (Å²) in [4.78, 5) is 0. The van der Waals surface area contributed by atoms with Crippen LogP contribution in [0.25, 0.3) is 0 Å². The summed E-state index contributed by atoms with van der Waals surface area (Å²) in [6, 6.07) is 12.3. The third-order valence-electron chi connectivity index (χ3n) is 3.50. The molecule has 1 atom stereocenters. The van der Waals surface area contributed by atoms with Crippen LogP contribution >= 0.6 is 0 Å². The molecule has 0 saturated heterocycles. The summed E-state index contributed by atoms with van der Waals surface area (Å²) in [5.74, 6) is -0.216. The van der Waals surface area contributed by atoms with E-state index >= 15 is 0 Å². The molecule has 106 valence electrons. The summed E-state index contributed by atoms with van der Waals surface area (Å²) < 4.78 is 13.2. The van der Waals surface area contributed by atoms with Crippen molar-refractivity contribution in [3.05, 3.63) is 65.0 Å². The summed E-state index contributed by atoms with van der Waals surface area (Å²) in [5, 5.41) is 13.1. The molecule has 2 N–H and O–H groups in total. The highest BCUT2D eigenvalue weighted by molar-refractivity contribution is 5.35. The Hall–Kier alpha value is -1.87. The molecule has 0 fully saturated rings. The van der Waals surface area contributed by atoms with Crippen molar-refractivity contribution in [1.29, 1.82) is 0 Å². The highest BCUT2D eigenvalue weighted by Gasteiger charge is 2.10. The van der Waals surface area contributed by atoms with Crippen molar-refractivity contribution in [2.45, 2.75) is 32.9 Å². The lowest BCUT2D eigenvalue weighted by atomic mass is 10.1. The zero-order valence-corrected chi connectivity index (χ0v) is 11.9. The van der Waals surface area contributed by atoms with Gasteiger partial charge < -0.3 is 10.4 Å². The van der Waals surface area contributed by atoms with E-state index < -0.39 is 0 Å². The van der Waals surface area contributed by atoms with E-state index in [1.54, 1.807) is 0 Å². The number of nitrogens with one attached hydrogen (secondary N) is 1. The van der Waals surface area contributed by atoms with Gasteiger partial charge in [0.15, 0.2) is 0 Å². The first-order chi connectivity index (χ1) is 9.60. The topological polar surface area (TPSA) is 32.3 Å². The highest BCUT2D eigenvalue weighted by Crippen LogP contribution is 2.24. The number of halogens is 1. The number of benzene rings is 2. The van der Waals surface area contributed by atoms with Crippen LogP contribution in [0, 0.1) is 5.82 Å². The lowest BCUT2D eigenvalue weighted by Gasteiger charge is -2.16. The Kier molecular flexibility index (Phi) is 4.74. The predicted molar refractivity (Wildman–Crippen MR) is 79.1 cm³/mol. The smallest absolute Gasteiger partial charge is 0.123 e. The van der Waals surface area contributed by atoms with E-state index in [4.69, 9.17) is 0 Å². The number of aromatic hydroxyl groups is 1. The molecule has 2 rings (SSSR count). The Morgan fingerprint density at radius 3 is 2.40 bits per heavy atom. The standard InChI is InChI=1S/C17H20FNO/c1-3-13-4-6-14(7-5-13)11-19-12(2)16-10-15(18)8-9-17(16)20/h4-10,12,19-20H,3,11H2,1-2H3. The first-order valence-electron chi connectivity index (χ1n) is 6.89. The number of aryl methyl sites for hydroxylation is 1. The minimum atomic E-state index is -0.334. The molecule has 2 aromatic carbocycles. The fourth-order valence-corrected chi connectivity index (χ4v) is 2.15. The quantitative estimate of drug-likeness (QED) is 0.864. The Bertz CT molecular complexity index is 566. The third kappa shape index (κ3) is 3.58. The molecular formula is C17H20FNO. The molecule has 3 heteroatoms. The van der Waals surface area contributed by atoms with Gasteiger partial charge in [-0.25, -0.2) is 4.39 Å². The maximum absolute atomic E-state index is 13.2.